The number of benzene rings is 1. The molecule has 5 heterocycles. The highest BCUT2D eigenvalue weighted by Crippen LogP contribution is 2.39. The number of nitrogens with one attached hydrogen (secondary N) is 3. The molecule has 14 heteroatoms. The van der Waals surface area contributed by atoms with Crippen LogP contribution >= 0.6 is 0 Å². The summed E-state index contributed by atoms with van der Waals surface area (Å²) in [5, 5.41) is 32.0. The largest absolute Gasteiger partial charge is 0.494 e. The van der Waals surface area contributed by atoms with E-state index in [0.717, 1.165) is 42.8 Å². The molecule has 1 aromatic carbocycles. The Hall–Kier alpha value is -4.92. The molecule has 46 heavy (non-hydrogen) atoms. The maximum absolute atomic E-state index is 12.6. The molecule has 0 spiro atoms. The number of ether oxygens (including phenoxy) is 2. The van der Waals surface area contributed by atoms with Gasteiger partial charge in [-0.05, 0) is 31.0 Å². The van der Waals surface area contributed by atoms with E-state index in [-0.39, 0.29) is 42.6 Å². The second-order valence-electron chi connectivity index (χ2n) is 11.9. The molecule has 2 amide bonds. The van der Waals surface area contributed by atoms with Crippen LogP contribution in [0.25, 0.3) is 11.1 Å². The minimum atomic E-state index is -0.982. The molecule has 1 saturated carbocycles. The number of rotatable bonds is 11. The third kappa shape index (κ3) is 5.89. The number of aromatic nitrogens is 5. The molecule has 1 aliphatic carbocycles. The van der Waals surface area contributed by atoms with Crippen LogP contribution in [0.5, 0.6) is 5.75 Å². The van der Waals surface area contributed by atoms with Crippen molar-refractivity contribution in [3.63, 3.8) is 0 Å². The molecule has 0 atom stereocenters. The molecular formula is C32H35N9O5. The van der Waals surface area contributed by atoms with Gasteiger partial charge in [-0.2, -0.15) is 5.10 Å². The zero-order chi connectivity index (χ0) is 31.8. The molecule has 4 aromatic rings. The number of carbonyl (C=O) groups is 2. The van der Waals surface area contributed by atoms with E-state index in [1.165, 1.54) is 7.05 Å². The highest BCUT2D eigenvalue weighted by atomic mass is 16.5. The third-order valence-corrected chi connectivity index (χ3v) is 8.50. The molecule has 3 fully saturated rings. The molecule has 0 unspecified atom stereocenters. The number of hydrogen-bond acceptors (Lipinski definition) is 11. The van der Waals surface area contributed by atoms with Crippen molar-refractivity contribution in [1.29, 1.82) is 0 Å². The first-order chi connectivity index (χ1) is 22.3. The predicted molar refractivity (Wildman–Crippen MR) is 168 cm³/mol. The van der Waals surface area contributed by atoms with Gasteiger partial charge in [0.2, 0.25) is 5.91 Å². The Kier molecular flexibility index (Phi) is 7.84. The van der Waals surface area contributed by atoms with Crippen LogP contribution in [0.15, 0.2) is 54.9 Å². The van der Waals surface area contributed by atoms with Gasteiger partial charge in [-0.3, -0.25) is 24.2 Å². The Morgan fingerprint density at radius 3 is 2.63 bits per heavy atom. The highest BCUT2D eigenvalue weighted by Gasteiger charge is 2.39. The first-order valence-corrected chi connectivity index (χ1v) is 15.2. The number of para-hydroxylation sites is 1. The monoisotopic (exact) mass is 625 g/mol. The van der Waals surface area contributed by atoms with Crippen LogP contribution in [0.1, 0.15) is 40.8 Å². The van der Waals surface area contributed by atoms with Crippen molar-refractivity contribution in [3.05, 3.63) is 71.9 Å². The first-order valence-electron chi connectivity index (χ1n) is 15.2. The molecule has 14 nitrogen and oxygen atoms in total. The molecular weight excluding hydrogens is 590 g/mol. The standard InChI is InChI=1S/C32H35N9O5/c1-33-31(43)28-25(11-27(38-39-28)37-30(42)19-9-10-19)36-24-7-4-6-23(29(24)45-2)20-12-34-41(13-20)22-15-40(16-22)14-21-5-3-8-26(35-21)32(44)17-46-18-32/h3-8,11-13,19,22,44H,9-10,14-18H2,1-2H3,(H,33,43)(H2,36,37,38,42). The number of hydrogen-bond donors (Lipinski definition) is 4. The normalized spacial score (nSPS) is 17.5. The second kappa shape index (κ2) is 12.1. The number of pyridine rings is 1. The molecule has 7 rings (SSSR count). The summed E-state index contributed by atoms with van der Waals surface area (Å²) in [4.78, 5) is 31.9. The van der Waals surface area contributed by atoms with Crippen molar-refractivity contribution in [1.82, 2.24) is 35.2 Å². The molecule has 238 valence electrons. The van der Waals surface area contributed by atoms with E-state index < -0.39 is 11.5 Å². The summed E-state index contributed by atoms with van der Waals surface area (Å²) in [6.45, 7) is 2.87. The number of aliphatic hydroxyl groups is 1. The lowest BCUT2D eigenvalue weighted by Crippen LogP contribution is -2.48. The van der Waals surface area contributed by atoms with E-state index in [9.17, 15) is 14.7 Å². The smallest absolute Gasteiger partial charge is 0.273 e. The van der Waals surface area contributed by atoms with Gasteiger partial charge in [0, 0.05) is 56.0 Å². The SMILES string of the molecule is CNC(=O)c1nnc(NC(=O)C2CC2)cc1Nc1cccc(-c2cnn(C3CN(Cc4cccc(C5(O)COC5)n4)C3)c2)c1OC. The summed E-state index contributed by atoms with van der Waals surface area (Å²) in [6, 6.07) is 13.2. The predicted octanol–water partition coefficient (Wildman–Crippen LogP) is 2.47. The lowest BCUT2D eigenvalue weighted by atomic mass is 9.97. The Morgan fingerprint density at radius 2 is 1.91 bits per heavy atom. The Morgan fingerprint density at radius 1 is 1.11 bits per heavy atom. The van der Waals surface area contributed by atoms with E-state index >= 15 is 0 Å². The quantitative estimate of drug-likeness (QED) is 0.193. The van der Waals surface area contributed by atoms with Crippen molar-refractivity contribution < 1.29 is 24.2 Å². The summed E-state index contributed by atoms with van der Waals surface area (Å²) >= 11 is 0. The first kappa shape index (κ1) is 29.8. The fourth-order valence-electron chi connectivity index (χ4n) is 5.65. The minimum absolute atomic E-state index is 0.00563. The lowest BCUT2D eigenvalue weighted by molar-refractivity contribution is -0.187. The second-order valence-corrected chi connectivity index (χ2v) is 11.9. The summed E-state index contributed by atoms with van der Waals surface area (Å²) in [5.74, 6) is 0.282. The Labute approximate surface area is 265 Å². The van der Waals surface area contributed by atoms with Crippen LogP contribution in [-0.2, 0) is 21.7 Å². The molecule has 2 saturated heterocycles. The van der Waals surface area contributed by atoms with Gasteiger partial charge in [-0.25, -0.2) is 0 Å². The number of anilines is 3. The average Bonchev–Trinajstić information content (AvgIpc) is 3.78. The van der Waals surface area contributed by atoms with E-state index in [4.69, 9.17) is 9.47 Å². The molecule has 3 aliphatic rings. The lowest BCUT2D eigenvalue weighted by Gasteiger charge is -2.39. The topological polar surface area (TPSA) is 169 Å². The number of carbonyl (C=O) groups excluding carboxylic acids is 2. The minimum Gasteiger partial charge on any atom is -0.494 e. The van der Waals surface area contributed by atoms with Crippen molar-refractivity contribution in [2.45, 2.75) is 31.0 Å². The van der Waals surface area contributed by atoms with Crippen LogP contribution in [0.4, 0.5) is 17.2 Å². The molecule has 2 aliphatic heterocycles. The van der Waals surface area contributed by atoms with E-state index in [1.807, 2.05) is 53.5 Å². The van der Waals surface area contributed by atoms with Gasteiger partial charge < -0.3 is 30.5 Å². The number of amides is 2. The van der Waals surface area contributed by atoms with Gasteiger partial charge in [-0.15, -0.1) is 10.2 Å². The van der Waals surface area contributed by atoms with Gasteiger partial charge in [0.25, 0.3) is 5.91 Å². The van der Waals surface area contributed by atoms with E-state index in [0.29, 0.717) is 29.4 Å². The Bertz CT molecular complexity index is 1780. The summed E-state index contributed by atoms with van der Waals surface area (Å²) in [5.41, 5.74) is 3.33. The number of nitrogens with zero attached hydrogens (tertiary/aromatic N) is 6. The van der Waals surface area contributed by atoms with E-state index in [2.05, 4.69) is 41.1 Å². The van der Waals surface area contributed by atoms with Crippen LogP contribution in [0, 0.1) is 5.92 Å². The van der Waals surface area contributed by atoms with Crippen molar-refractivity contribution >= 4 is 29.0 Å². The highest BCUT2D eigenvalue weighted by molar-refractivity contribution is 6.00. The average molecular weight is 626 g/mol. The number of methoxy groups -OCH3 is 1. The van der Waals surface area contributed by atoms with Crippen LogP contribution < -0.4 is 20.7 Å². The van der Waals surface area contributed by atoms with Gasteiger partial charge >= 0.3 is 0 Å². The third-order valence-electron chi connectivity index (χ3n) is 8.50. The zero-order valence-corrected chi connectivity index (χ0v) is 25.6. The van der Waals surface area contributed by atoms with Crippen LogP contribution in [0.2, 0.25) is 0 Å². The van der Waals surface area contributed by atoms with Gasteiger partial charge in [-0.1, -0.05) is 18.2 Å². The van der Waals surface area contributed by atoms with Crippen LogP contribution in [-0.4, -0.2) is 87.2 Å². The molecule has 4 N–H and O–H groups in total. The molecule has 0 radical (unpaired) electrons. The Balaban J connectivity index is 1.06. The summed E-state index contributed by atoms with van der Waals surface area (Å²) in [7, 11) is 3.10. The van der Waals surface area contributed by atoms with Gasteiger partial charge in [0.15, 0.2) is 17.1 Å². The molecule has 3 aromatic heterocycles. The van der Waals surface area contributed by atoms with Gasteiger partial charge in [0.1, 0.15) is 5.75 Å². The summed E-state index contributed by atoms with van der Waals surface area (Å²) < 4.78 is 13.0. The fraction of sp³-hybridized carbons (Fsp3) is 0.375. The molecule has 0 bridgehead atoms. The van der Waals surface area contributed by atoms with E-state index in [1.54, 1.807) is 13.2 Å². The van der Waals surface area contributed by atoms with Crippen LogP contribution in [0.3, 0.4) is 0 Å². The number of likely N-dealkylation sites (tertiary alicyclic amines) is 1. The summed E-state index contributed by atoms with van der Waals surface area (Å²) in [6.07, 6.45) is 5.53. The van der Waals surface area contributed by atoms with Gasteiger partial charge in [0.05, 0.1) is 55.3 Å². The van der Waals surface area contributed by atoms with Crippen molar-refractivity contribution in [2.75, 3.05) is 51.1 Å². The maximum atomic E-state index is 12.6. The fourth-order valence-corrected chi connectivity index (χ4v) is 5.65. The zero-order valence-electron chi connectivity index (χ0n) is 25.6. The maximum Gasteiger partial charge on any atom is 0.273 e. The van der Waals surface area contributed by atoms with Crippen molar-refractivity contribution in [3.8, 4) is 16.9 Å². The van der Waals surface area contributed by atoms with Crippen molar-refractivity contribution in [2.24, 2.45) is 5.92 Å².